The maximum absolute atomic E-state index is 13.1. The Balaban J connectivity index is 1.91. The van der Waals surface area contributed by atoms with Gasteiger partial charge in [-0.25, -0.2) is 0 Å². The largest absolute Gasteiger partial charge is 0.507 e. The minimum atomic E-state index is -0.847. The number of aliphatic hydroxyl groups excluding tert-OH is 1. The Bertz CT molecular complexity index is 1200. The van der Waals surface area contributed by atoms with Crippen LogP contribution in [0.15, 0.2) is 84.4 Å². The van der Waals surface area contributed by atoms with Crippen LogP contribution in [0.1, 0.15) is 34.5 Å². The van der Waals surface area contributed by atoms with E-state index < -0.39 is 17.7 Å². The summed E-state index contributed by atoms with van der Waals surface area (Å²) in [7, 11) is 0. The molecule has 1 fully saturated rings. The summed E-state index contributed by atoms with van der Waals surface area (Å²) < 4.78 is 0. The first kappa shape index (κ1) is 20.6. The Morgan fingerprint density at radius 3 is 2.06 bits per heavy atom. The smallest absolute Gasteiger partial charge is 0.300 e. The number of aliphatic hydroxyl groups is 1. The van der Waals surface area contributed by atoms with Crippen LogP contribution in [0.3, 0.4) is 0 Å². The van der Waals surface area contributed by atoms with Gasteiger partial charge in [-0.15, -0.1) is 0 Å². The molecule has 0 bridgehead atoms. The van der Waals surface area contributed by atoms with Crippen LogP contribution in [0.25, 0.3) is 5.76 Å². The second kappa shape index (κ2) is 8.20. The van der Waals surface area contributed by atoms with E-state index in [0.717, 1.165) is 0 Å². The second-order valence-electron chi connectivity index (χ2n) is 7.19. The van der Waals surface area contributed by atoms with Gasteiger partial charge < -0.3 is 5.11 Å². The fourth-order valence-electron chi connectivity index (χ4n) is 3.67. The summed E-state index contributed by atoms with van der Waals surface area (Å²) in [5, 5.41) is 11.5. The zero-order valence-electron chi connectivity index (χ0n) is 16.6. The fraction of sp³-hybridized carbons (Fsp3) is 0.0800. The average Bonchev–Trinajstić information content (AvgIpc) is 3.05. The minimum absolute atomic E-state index is 0.00540. The zero-order chi connectivity index (χ0) is 22.1. The highest BCUT2D eigenvalue weighted by Gasteiger charge is 2.46. The monoisotopic (exact) mass is 431 g/mol. The Kier molecular flexibility index (Phi) is 5.44. The molecule has 3 aromatic carbocycles. The number of hydrogen-bond acceptors (Lipinski definition) is 4. The van der Waals surface area contributed by atoms with Crippen molar-refractivity contribution in [3.63, 3.8) is 0 Å². The van der Waals surface area contributed by atoms with Crippen molar-refractivity contribution in [2.75, 3.05) is 4.90 Å². The summed E-state index contributed by atoms with van der Waals surface area (Å²) in [6, 6.07) is 21.0. The number of Topliss-reactive ketones (excluding diaryl/α,β-unsaturated/α-hetero) is 2. The summed E-state index contributed by atoms with van der Waals surface area (Å²) in [5.74, 6) is -1.89. The van der Waals surface area contributed by atoms with Crippen LogP contribution in [0.4, 0.5) is 5.69 Å². The summed E-state index contributed by atoms with van der Waals surface area (Å²) >= 11 is 6.03. The van der Waals surface area contributed by atoms with Gasteiger partial charge in [-0.1, -0.05) is 54.1 Å². The van der Waals surface area contributed by atoms with Gasteiger partial charge in [0.25, 0.3) is 11.7 Å². The highest BCUT2D eigenvalue weighted by Crippen LogP contribution is 2.42. The van der Waals surface area contributed by atoms with Crippen LogP contribution in [-0.2, 0) is 9.59 Å². The molecule has 1 amide bonds. The number of halogens is 1. The maximum Gasteiger partial charge on any atom is 0.300 e. The Hall–Kier alpha value is -3.70. The van der Waals surface area contributed by atoms with Gasteiger partial charge in [0, 0.05) is 21.8 Å². The molecule has 154 valence electrons. The van der Waals surface area contributed by atoms with Gasteiger partial charge in [0.15, 0.2) is 5.78 Å². The summed E-state index contributed by atoms with van der Waals surface area (Å²) in [5.41, 5.74) is 1.99. The predicted octanol–water partition coefficient (Wildman–Crippen LogP) is 5.17. The molecule has 3 aromatic rings. The number of benzene rings is 3. The topological polar surface area (TPSA) is 74.7 Å². The lowest BCUT2D eigenvalue weighted by Crippen LogP contribution is -2.29. The van der Waals surface area contributed by atoms with E-state index in [0.29, 0.717) is 27.4 Å². The van der Waals surface area contributed by atoms with Gasteiger partial charge in [0.05, 0.1) is 11.6 Å². The van der Waals surface area contributed by atoms with Crippen LogP contribution in [0, 0.1) is 0 Å². The number of ketones is 2. The van der Waals surface area contributed by atoms with Crippen LogP contribution in [0.5, 0.6) is 0 Å². The number of rotatable bonds is 4. The van der Waals surface area contributed by atoms with Crippen molar-refractivity contribution < 1.29 is 19.5 Å². The first-order valence-electron chi connectivity index (χ1n) is 9.61. The molecular weight excluding hydrogens is 414 g/mol. The molecule has 6 heteroatoms. The van der Waals surface area contributed by atoms with E-state index in [1.807, 2.05) is 0 Å². The Morgan fingerprint density at radius 2 is 1.48 bits per heavy atom. The number of hydrogen-bond donors (Lipinski definition) is 1. The third kappa shape index (κ3) is 3.76. The van der Waals surface area contributed by atoms with Gasteiger partial charge in [-0.05, 0) is 48.9 Å². The molecule has 4 rings (SSSR count). The molecule has 0 aromatic heterocycles. The Morgan fingerprint density at radius 1 is 0.871 bits per heavy atom. The lowest BCUT2D eigenvalue weighted by molar-refractivity contribution is -0.132. The lowest BCUT2D eigenvalue weighted by Gasteiger charge is -2.25. The number of carbonyl (C=O) groups excluding carboxylic acids is 3. The molecule has 1 atom stereocenters. The SMILES string of the molecule is CC(=O)c1ccc(N2C(=O)C(=O)C(=C(O)c3ccccc3)C2c2ccc(Cl)cc2)cc1. The summed E-state index contributed by atoms with van der Waals surface area (Å²) in [4.78, 5) is 39.1. The van der Waals surface area contributed by atoms with Gasteiger partial charge in [0.1, 0.15) is 5.76 Å². The second-order valence-corrected chi connectivity index (χ2v) is 7.63. The molecule has 0 saturated carbocycles. The predicted molar refractivity (Wildman–Crippen MR) is 119 cm³/mol. The molecule has 1 aliphatic heterocycles. The third-order valence-electron chi connectivity index (χ3n) is 5.23. The zero-order valence-corrected chi connectivity index (χ0v) is 17.3. The van der Waals surface area contributed by atoms with E-state index in [1.165, 1.54) is 11.8 Å². The molecule has 31 heavy (non-hydrogen) atoms. The molecule has 0 radical (unpaired) electrons. The normalized spacial score (nSPS) is 17.7. The van der Waals surface area contributed by atoms with Crippen molar-refractivity contribution in [3.05, 3.63) is 106 Å². The van der Waals surface area contributed by atoms with Crippen LogP contribution < -0.4 is 4.90 Å². The van der Waals surface area contributed by atoms with Crippen molar-refractivity contribution in [1.29, 1.82) is 0 Å². The van der Waals surface area contributed by atoms with Crippen LogP contribution >= 0.6 is 11.6 Å². The first-order valence-corrected chi connectivity index (χ1v) is 9.99. The molecular formula is C25H18ClNO4. The molecule has 1 aliphatic rings. The number of carbonyl (C=O) groups is 3. The molecule has 1 saturated heterocycles. The molecule has 1 N–H and O–H groups in total. The highest BCUT2D eigenvalue weighted by atomic mass is 35.5. The standard InChI is InChI=1S/C25H18ClNO4/c1-15(28)16-9-13-20(14-10-16)27-22(17-7-11-19(26)12-8-17)21(24(30)25(27)31)23(29)18-5-3-2-4-6-18/h2-14,22,29H,1H3. The number of nitrogens with zero attached hydrogens (tertiary/aromatic N) is 1. The van der Waals surface area contributed by atoms with Crippen molar-refractivity contribution in [1.82, 2.24) is 0 Å². The van der Waals surface area contributed by atoms with Crippen molar-refractivity contribution >= 4 is 40.5 Å². The van der Waals surface area contributed by atoms with E-state index in [1.54, 1.807) is 78.9 Å². The minimum Gasteiger partial charge on any atom is -0.507 e. The van der Waals surface area contributed by atoms with Gasteiger partial charge in [-0.2, -0.15) is 0 Å². The summed E-state index contributed by atoms with van der Waals surface area (Å²) in [6.45, 7) is 1.45. The van der Waals surface area contributed by atoms with Crippen molar-refractivity contribution in [2.24, 2.45) is 0 Å². The van der Waals surface area contributed by atoms with Crippen LogP contribution in [0.2, 0.25) is 5.02 Å². The Labute approximate surface area is 184 Å². The van der Waals surface area contributed by atoms with E-state index in [9.17, 15) is 19.5 Å². The molecule has 0 spiro atoms. The molecule has 5 nitrogen and oxygen atoms in total. The fourth-order valence-corrected chi connectivity index (χ4v) is 3.79. The molecule has 0 aliphatic carbocycles. The number of amides is 1. The third-order valence-corrected chi connectivity index (χ3v) is 5.48. The maximum atomic E-state index is 13.1. The van der Waals surface area contributed by atoms with Gasteiger partial charge in [-0.3, -0.25) is 19.3 Å². The first-order chi connectivity index (χ1) is 14.9. The van der Waals surface area contributed by atoms with Crippen molar-refractivity contribution in [3.8, 4) is 0 Å². The van der Waals surface area contributed by atoms with E-state index >= 15 is 0 Å². The highest BCUT2D eigenvalue weighted by molar-refractivity contribution is 6.51. The van der Waals surface area contributed by atoms with E-state index in [2.05, 4.69) is 0 Å². The molecule has 1 unspecified atom stereocenters. The number of anilines is 1. The van der Waals surface area contributed by atoms with Gasteiger partial charge in [0.2, 0.25) is 0 Å². The summed E-state index contributed by atoms with van der Waals surface area (Å²) in [6.07, 6.45) is 0. The molecule has 1 heterocycles. The van der Waals surface area contributed by atoms with Crippen LogP contribution in [-0.4, -0.2) is 22.6 Å². The van der Waals surface area contributed by atoms with E-state index in [4.69, 9.17) is 11.6 Å². The lowest BCUT2D eigenvalue weighted by atomic mass is 9.95. The quantitative estimate of drug-likeness (QED) is 0.267. The van der Waals surface area contributed by atoms with Gasteiger partial charge >= 0.3 is 0 Å². The van der Waals surface area contributed by atoms with E-state index in [-0.39, 0.29) is 17.1 Å². The average molecular weight is 432 g/mol. The van der Waals surface area contributed by atoms with Crippen molar-refractivity contribution in [2.45, 2.75) is 13.0 Å².